The second-order valence-electron chi connectivity index (χ2n) is 4.39. The molecule has 0 saturated heterocycles. The summed E-state index contributed by atoms with van der Waals surface area (Å²) in [5.74, 6) is 0.357. The van der Waals surface area contributed by atoms with Gasteiger partial charge >= 0.3 is 0 Å². The van der Waals surface area contributed by atoms with E-state index in [0.717, 1.165) is 0 Å². The number of carbonyl (C=O) groups excluding carboxylic acids is 1. The molecular weight excluding hydrogens is 321 g/mol. The molecule has 5 heteroatoms. The van der Waals surface area contributed by atoms with Crippen molar-refractivity contribution >= 4 is 40.9 Å². The molecule has 22 heavy (non-hydrogen) atoms. The van der Waals surface area contributed by atoms with Crippen molar-refractivity contribution in [1.29, 1.82) is 0 Å². The molecule has 0 bridgehead atoms. The van der Waals surface area contributed by atoms with Crippen molar-refractivity contribution < 1.29 is 9.53 Å². The summed E-state index contributed by atoms with van der Waals surface area (Å²) in [6.07, 6.45) is 3.02. The van der Waals surface area contributed by atoms with Gasteiger partial charge in [0.05, 0.1) is 22.3 Å². The fourth-order valence-corrected chi connectivity index (χ4v) is 2.21. The normalized spacial score (nSPS) is 10.7. The molecule has 0 aromatic heterocycles. The highest BCUT2D eigenvalue weighted by Gasteiger charge is 2.05. The minimum absolute atomic E-state index is 0.275. The Hall–Kier alpha value is -1.97. The van der Waals surface area contributed by atoms with Crippen molar-refractivity contribution in [2.75, 3.05) is 11.9 Å². The van der Waals surface area contributed by atoms with Gasteiger partial charge in [-0.3, -0.25) is 4.79 Å². The zero-order chi connectivity index (χ0) is 15.9. The fourth-order valence-electron chi connectivity index (χ4n) is 1.84. The first-order valence-electron chi connectivity index (χ1n) is 6.76. The van der Waals surface area contributed by atoms with Gasteiger partial charge in [0.15, 0.2) is 0 Å². The van der Waals surface area contributed by atoms with Gasteiger partial charge < -0.3 is 10.1 Å². The Balaban J connectivity index is 2.10. The molecule has 2 aromatic rings. The Morgan fingerprint density at radius 2 is 1.95 bits per heavy atom. The number of carbonyl (C=O) groups is 1. The van der Waals surface area contributed by atoms with Crippen LogP contribution in [0, 0.1) is 0 Å². The summed E-state index contributed by atoms with van der Waals surface area (Å²) in [7, 11) is 0. The highest BCUT2D eigenvalue weighted by atomic mass is 35.5. The van der Waals surface area contributed by atoms with Gasteiger partial charge in [-0.15, -0.1) is 0 Å². The van der Waals surface area contributed by atoms with Crippen molar-refractivity contribution in [2.24, 2.45) is 0 Å². The molecule has 0 atom stereocenters. The van der Waals surface area contributed by atoms with Gasteiger partial charge in [0.2, 0.25) is 5.91 Å². The molecule has 1 amide bonds. The zero-order valence-corrected chi connectivity index (χ0v) is 13.5. The second kappa shape index (κ2) is 7.87. The lowest BCUT2D eigenvalue weighted by Crippen LogP contribution is -2.09. The maximum Gasteiger partial charge on any atom is 0.248 e. The van der Waals surface area contributed by atoms with Crippen molar-refractivity contribution in [3.8, 4) is 5.75 Å². The standard InChI is InChI=1S/C17H15Cl2NO2/c1-2-22-15-9-4-3-8-14(15)20-16(21)11-10-12-6-5-7-13(18)17(12)19/h3-11H,2H2,1H3,(H,20,21)/b11-10+. The Morgan fingerprint density at radius 1 is 1.18 bits per heavy atom. The van der Waals surface area contributed by atoms with Crippen LogP contribution in [0.2, 0.25) is 10.0 Å². The van der Waals surface area contributed by atoms with E-state index in [1.165, 1.54) is 6.08 Å². The molecule has 0 unspecified atom stereocenters. The largest absolute Gasteiger partial charge is 0.492 e. The van der Waals surface area contributed by atoms with Crippen molar-refractivity contribution in [3.63, 3.8) is 0 Å². The van der Waals surface area contributed by atoms with E-state index in [2.05, 4.69) is 5.32 Å². The first-order chi connectivity index (χ1) is 10.6. The molecule has 0 saturated carbocycles. The van der Waals surface area contributed by atoms with E-state index in [1.807, 2.05) is 19.1 Å². The summed E-state index contributed by atoms with van der Waals surface area (Å²) in [6.45, 7) is 2.42. The number of halogens is 2. The van der Waals surface area contributed by atoms with E-state index in [1.54, 1.807) is 36.4 Å². The lowest BCUT2D eigenvalue weighted by atomic mass is 10.2. The third-order valence-electron chi connectivity index (χ3n) is 2.84. The average molecular weight is 336 g/mol. The van der Waals surface area contributed by atoms with Crippen molar-refractivity contribution in [3.05, 3.63) is 64.1 Å². The molecule has 0 radical (unpaired) electrons. The van der Waals surface area contributed by atoms with Crippen LogP contribution in [0.4, 0.5) is 5.69 Å². The summed E-state index contributed by atoms with van der Waals surface area (Å²) < 4.78 is 5.46. The van der Waals surface area contributed by atoms with Crippen molar-refractivity contribution in [1.82, 2.24) is 0 Å². The SMILES string of the molecule is CCOc1ccccc1NC(=O)/C=C/c1cccc(Cl)c1Cl. The van der Waals surface area contributed by atoms with Gasteiger partial charge in [-0.1, -0.05) is 47.5 Å². The van der Waals surface area contributed by atoms with Gasteiger partial charge in [-0.05, 0) is 36.8 Å². The molecular formula is C17H15Cl2NO2. The average Bonchev–Trinajstić information content (AvgIpc) is 2.51. The Bertz CT molecular complexity index is 699. The molecule has 0 aliphatic carbocycles. The minimum atomic E-state index is -0.275. The lowest BCUT2D eigenvalue weighted by molar-refractivity contribution is -0.111. The quantitative estimate of drug-likeness (QED) is 0.777. The van der Waals surface area contributed by atoms with Crippen molar-refractivity contribution in [2.45, 2.75) is 6.92 Å². The molecule has 0 spiro atoms. The predicted octanol–water partition coefficient (Wildman–Crippen LogP) is 5.04. The van der Waals surface area contributed by atoms with Crippen LogP contribution in [0.5, 0.6) is 5.75 Å². The molecule has 114 valence electrons. The van der Waals surface area contributed by atoms with E-state index in [-0.39, 0.29) is 5.91 Å². The Kier molecular flexibility index (Phi) is 5.87. The van der Waals surface area contributed by atoms with Crippen LogP contribution < -0.4 is 10.1 Å². The molecule has 3 nitrogen and oxygen atoms in total. The number of para-hydroxylation sites is 2. The van der Waals surface area contributed by atoms with Crippen LogP contribution in [0.1, 0.15) is 12.5 Å². The summed E-state index contributed by atoms with van der Waals surface area (Å²) in [5.41, 5.74) is 1.30. The van der Waals surface area contributed by atoms with Crippen LogP contribution in [-0.4, -0.2) is 12.5 Å². The van der Waals surface area contributed by atoms with E-state index in [9.17, 15) is 4.79 Å². The number of hydrogen-bond donors (Lipinski definition) is 1. The molecule has 0 fully saturated rings. The summed E-state index contributed by atoms with van der Waals surface area (Å²) in [5, 5.41) is 3.64. The van der Waals surface area contributed by atoms with Crippen LogP contribution in [-0.2, 0) is 4.79 Å². The molecule has 1 N–H and O–H groups in total. The monoisotopic (exact) mass is 335 g/mol. The first kappa shape index (κ1) is 16.4. The topological polar surface area (TPSA) is 38.3 Å². The number of benzene rings is 2. The third-order valence-corrected chi connectivity index (χ3v) is 3.67. The maximum absolute atomic E-state index is 12.0. The summed E-state index contributed by atoms with van der Waals surface area (Å²) in [4.78, 5) is 12.0. The molecule has 0 heterocycles. The molecule has 2 aromatic carbocycles. The first-order valence-corrected chi connectivity index (χ1v) is 7.52. The smallest absolute Gasteiger partial charge is 0.248 e. The van der Waals surface area contributed by atoms with Crippen LogP contribution in [0.3, 0.4) is 0 Å². The highest BCUT2D eigenvalue weighted by molar-refractivity contribution is 6.42. The summed E-state index contributed by atoms with van der Waals surface area (Å²) >= 11 is 12.0. The molecule has 0 aliphatic heterocycles. The van der Waals surface area contributed by atoms with E-state index in [4.69, 9.17) is 27.9 Å². The van der Waals surface area contributed by atoms with E-state index in [0.29, 0.717) is 33.7 Å². The second-order valence-corrected chi connectivity index (χ2v) is 5.18. The zero-order valence-electron chi connectivity index (χ0n) is 12.0. The van der Waals surface area contributed by atoms with E-state index < -0.39 is 0 Å². The van der Waals surface area contributed by atoms with Crippen LogP contribution in [0.15, 0.2) is 48.5 Å². The minimum Gasteiger partial charge on any atom is -0.492 e. The van der Waals surface area contributed by atoms with Gasteiger partial charge in [0, 0.05) is 6.08 Å². The van der Waals surface area contributed by atoms with Crippen LogP contribution in [0.25, 0.3) is 6.08 Å². The van der Waals surface area contributed by atoms with Gasteiger partial charge in [0.25, 0.3) is 0 Å². The van der Waals surface area contributed by atoms with Gasteiger partial charge in [-0.25, -0.2) is 0 Å². The number of amides is 1. The summed E-state index contributed by atoms with van der Waals surface area (Å²) in [6, 6.07) is 12.5. The molecule has 2 rings (SSSR count). The molecule has 0 aliphatic rings. The van der Waals surface area contributed by atoms with E-state index >= 15 is 0 Å². The number of nitrogens with one attached hydrogen (secondary N) is 1. The Morgan fingerprint density at radius 3 is 2.73 bits per heavy atom. The number of ether oxygens (including phenoxy) is 1. The van der Waals surface area contributed by atoms with Gasteiger partial charge in [0.1, 0.15) is 5.75 Å². The third kappa shape index (κ3) is 4.26. The number of rotatable bonds is 5. The van der Waals surface area contributed by atoms with Crippen LogP contribution >= 0.6 is 23.2 Å². The Labute approximate surface area is 139 Å². The maximum atomic E-state index is 12.0. The highest BCUT2D eigenvalue weighted by Crippen LogP contribution is 2.27. The number of anilines is 1. The predicted molar refractivity (Wildman–Crippen MR) is 91.7 cm³/mol. The van der Waals surface area contributed by atoms with Gasteiger partial charge in [-0.2, -0.15) is 0 Å². The lowest BCUT2D eigenvalue weighted by Gasteiger charge is -2.09. The fraction of sp³-hybridized carbons (Fsp3) is 0.118. The number of hydrogen-bond acceptors (Lipinski definition) is 2.